The Kier molecular flexibility index (Phi) is 5.68. The summed E-state index contributed by atoms with van der Waals surface area (Å²) in [6.07, 6.45) is -0.616. The van der Waals surface area contributed by atoms with E-state index in [4.69, 9.17) is 9.26 Å². The average Bonchev–Trinajstić information content (AvgIpc) is 3.10. The molecule has 0 aliphatic carbocycles. The van der Waals surface area contributed by atoms with Crippen LogP contribution in [0.25, 0.3) is 11.4 Å². The molecule has 0 aliphatic heterocycles. The van der Waals surface area contributed by atoms with Crippen molar-refractivity contribution in [1.29, 1.82) is 0 Å². The number of aromatic nitrogens is 2. The van der Waals surface area contributed by atoms with E-state index in [1.165, 1.54) is 4.90 Å². The first kappa shape index (κ1) is 18.1. The molecule has 1 atom stereocenters. The van der Waals surface area contributed by atoms with Gasteiger partial charge in [-0.05, 0) is 31.2 Å². The van der Waals surface area contributed by atoms with Crippen LogP contribution in [0, 0.1) is 0 Å². The Hall–Kier alpha value is -2.67. The van der Waals surface area contributed by atoms with E-state index < -0.39 is 6.10 Å². The minimum Gasteiger partial charge on any atom is -0.481 e. The van der Waals surface area contributed by atoms with Crippen LogP contribution in [-0.2, 0) is 11.3 Å². The van der Waals surface area contributed by atoms with Gasteiger partial charge in [0.1, 0.15) is 5.75 Å². The number of carbonyl (C=O) groups is 1. The third kappa shape index (κ3) is 4.49. The number of carbonyl (C=O) groups excluding carboxylic acids is 1. The Morgan fingerprint density at radius 3 is 2.73 bits per heavy atom. The molecule has 0 unspecified atom stereocenters. The van der Waals surface area contributed by atoms with Crippen LogP contribution in [0.3, 0.4) is 0 Å². The van der Waals surface area contributed by atoms with E-state index in [-0.39, 0.29) is 12.5 Å². The second-order valence-corrected chi connectivity index (χ2v) is 6.71. The number of rotatable bonds is 6. The largest absolute Gasteiger partial charge is 0.481 e. The van der Waals surface area contributed by atoms with Gasteiger partial charge in [0.05, 0.1) is 6.54 Å². The van der Waals surface area contributed by atoms with Crippen LogP contribution in [0.2, 0.25) is 0 Å². The Morgan fingerprint density at radius 2 is 2.00 bits per heavy atom. The van der Waals surface area contributed by atoms with Gasteiger partial charge in [-0.25, -0.2) is 0 Å². The van der Waals surface area contributed by atoms with Gasteiger partial charge in [-0.3, -0.25) is 4.79 Å². The third-order valence-corrected chi connectivity index (χ3v) is 4.20. The van der Waals surface area contributed by atoms with Crippen LogP contribution < -0.4 is 4.74 Å². The minimum atomic E-state index is -0.616. The van der Waals surface area contributed by atoms with Gasteiger partial charge in [0.2, 0.25) is 11.7 Å². The van der Waals surface area contributed by atoms with E-state index in [9.17, 15) is 4.79 Å². The summed E-state index contributed by atoms with van der Waals surface area (Å²) in [5, 5.41) is 3.98. The van der Waals surface area contributed by atoms with Crippen molar-refractivity contribution in [3.8, 4) is 17.1 Å². The third-order valence-electron chi connectivity index (χ3n) is 3.70. The highest BCUT2D eigenvalue weighted by molar-refractivity contribution is 9.10. The van der Waals surface area contributed by atoms with E-state index in [0.29, 0.717) is 17.5 Å². The molecule has 0 bridgehead atoms. The second-order valence-electron chi connectivity index (χ2n) is 5.79. The normalized spacial score (nSPS) is 11.8. The number of amides is 1. The number of nitrogens with zero attached hydrogens (tertiary/aromatic N) is 3. The number of ether oxygens (including phenoxy) is 1. The zero-order valence-corrected chi connectivity index (χ0v) is 16.0. The summed E-state index contributed by atoms with van der Waals surface area (Å²) in [7, 11) is 1.68. The molecule has 0 saturated heterocycles. The molecule has 0 saturated carbocycles. The summed E-state index contributed by atoms with van der Waals surface area (Å²) in [5.74, 6) is 1.33. The smallest absolute Gasteiger partial charge is 0.263 e. The summed E-state index contributed by atoms with van der Waals surface area (Å²) in [4.78, 5) is 18.3. The van der Waals surface area contributed by atoms with Crippen molar-refractivity contribution in [2.45, 2.75) is 19.6 Å². The summed E-state index contributed by atoms with van der Waals surface area (Å²) in [6.45, 7) is 1.93. The van der Waals surface area contributed by atoms with Gasteiger partial charge >= 0.3 is 0 Å². The maximum atomic E-state index is 12.5. The molecule has 1 amide bonds. The first-order valence-corrected chi connectivity index (χ1v) is 8.87. The van der Waals surface area contributed by atoms with Crippen molar-refractivity contribution in [3.05, 3.63) is 65.0 Å². The molecule has 6 nitrogen and oxygen atoms in total. The Balaban J connectivity index is 1.62. The van der Waals surface area contributed by atoms with Crippen molar-refractivity contribution in [1.82, 2.24) is 15.0 Å². The van der Waals surface area contributed by atoms with E-state index in [0.717, 1.165) is 10.0 Å². The van der Waals surface area contributed by atoms with Crippen molar-refractivity contribution >= 4 is 21.8 Å². The fraction of sp³-hybridized carbons (Fsp3) is 0.211. The predicted octanol–water partition coefficient (Wildman–Crippen LogP) is 3.93. The van der Waals surface area contributed by atoms with Gasteiger partial charge in [-0.1, -0.05) is 51.4 Å². The van der Waals surface area contributed by atoms with E-state index in [1.807, 2.05) is 54.6 Å². The summed E-state index contributed by atoms with van der Waals surface area (Å²) in [6, 6.07) is 16.8. The van der Waals surface area contributed by atoms with Gasteiger partial charge in [0.15, 0.2) is 6.10 Å². The first-order valence-electron chi connectivity index (χ1n) is 8.08. The van der Waals surface area contributed by atoms with Crippen LogP contribution in [-0.4, -0.2) is 34.1 Å². The monoisotopic (exact) mass is 415 g/mol. The molecule has 0 N–H and O–H groups in total. The maximum absolute atomic E-state index is 12.5. The number of hydrogen-bond donors (Lipinski definition) is 0. The average molecular weight is 416 g/mol. The zero-order valence-electron chi connectivity index (χ0n) is 14.4. The summed E-state index contributed by atoms with van der Waals surface area (Å²) < 4.78 is 11.9. The molecule has 0 radical (unpaired) electrons. The number of para-hydroxylation sites is 1. The van der Waals surface area contributed by atoms with Crippen molar-refractivity contribution in [2.24, 2.45) is 0 Å². The lowest BCUT2D eigenvalue weighted by molar-refractivity contribution is -0.137. The standard InChI is InChI=1S/C19H18BrN3O3/c1-13(25-16-9-4-3-5-10-16)19(24)23(2)12-17-21-18(22-26-17)14-7-6-8-15(20)11-14/h3-11,13H,12H2,1-2H3/t13-/m0/s1. The molecule has 0 fully saturated rings. The van der Waals surface area contributed by atoms with Gasteiger partial charge in [-0.15, -0.1) is 0 Å². The molecule has 7 heteroatoms. The van der Waals surface area contributed by atoms with E-state index in [2.05, 4.69) is 26.1 Å². The van der Waals surface area contributed by atoms with Gasteiger partial charge in [0, 0.05) is 17.1 Å². The molecular formula is C19H18BrN3O3. The Labute approximate surface area is 159 Å². The zero-order chi connectivity index (χ0) is 18.5. The number of hydrogen-bond acceptors (Lipinski definition) is 5. The van der Waals surface area contributed by atoms with Crippen LogP contribution in [0.1, 0.15) is 12.8 Å². The Bertz CT molecular complexity index is 883. The number of halogens is 1. The highest BCUT2D eigenvalue weighted by Gasteiger charge is 2.21. The fourth-order valence-corrected chi connectivity index (χ4v) is 2.81. The fourth-order valence-electron chi connectivity index (χ4n) is 2.41. The molecule has 1 heterocycles. The molecule has 3 rings (SSSR count). The topological polar surface area (TPSA) is 68.5 Å². The maximum Gasteiger partial charge on any atom is 0.263 e. The number of likely N-dealkylation sites (N-methyl/N-ethyl adjacent to an activating group) is 1. The molecule has 2 aromatic carbocycles. The van der Waals surface area contributed by atoms with Crippen molar-refractivity contribution < 1.29 is 14.1 Å². The molecule has 3 aromatic rings. The van der Waals surface area contributed by atoms with E-state index in [1.54, 1.807) is 14.0 Å². The predicted molar refractivity (Wildman–Crippen MR) is 100 cm³/mol. The van der Waals surface area contributed by atoms with Crippen molar-refractivity contribution in [2.75, 3.05) is 7.05 Å². The van der Waals surface area contributed by atoms with E-state index >= 15 is 0 Å². The lowest BCUT2D eigenvalue weighted by Gasteiger charge is -2.20. The minimum absolute atomic E-state index is 0.170. The SMILES string of the molecule is C[C@H](Oc1ccccc1)C(=O)N(C)Cc1nc(-c2cccc(Br)c2)no1. The summed E-state index contributed by atoms with van der Waals surface area (Å²) in [5.41, 5.74) is 0.837. The lowest BCUT2D eigenvalue weighted by atomic mass is 10.2. The Morgan fingerprint density at radius 1 is 1.23 bits per heavy atom. The molecule has 0 aliphatic rings. The quantitative estimate of drug-likeness (QED) is 0.609. The van der Waals surface area contributed by atoms with Crippen LogP contribution in [0.5, 0.6) is 5.75 Å². The van der Waals surface area contributed by atoms with Crippen molar-refractivity contribution in [3.63, 3.8) is 0 Å². The molecule has 134 valence electrons. The van der Waals surface area contributed by atoms with Crippen LogP contribution >= 0.6 is 15.9 Å². The van der Waals surface area contributed by atoms with Gasteiger partial charge < -0.3 is 14.2 Å². The first-order chi connectivity index (χ1) is 12.5. The van der Waals surface area contributed by atoms with Gasteiger partial charge in [-0.2, -0.15) is 4.98 Å². The molecule has 0 spiro atoms. The summed E-state index contributed by atoms with van der Waals surface area (Å²) >= 11 is 3.42. The number of benzene rings is 2. The second kappa shape index (κ2) is 8.14. The highest BCUT2D eigenvalue weighted by atomic mass is 79.9. The van der Waals surface area contributed by atoms with Crippen LogP contribution in [0.4, 0.5) is 0 Å². The highest BCUT2D eigenvalue weighted by Crippen LogP contribution is 2.20. The van der Waals surface area contributed by atoms with Crippen LogP contribution in [0.15, 0.2) is 63.6 Å². The molecule has 26 heavy (non-hydrogen) atoms. The molecule has 1 aromatic heterocycles. The van der Waals surface area contributed by atoms with Gasteiger partial charge in [0.25, 0.3) is 5.91 Å². The lowest BCUT2D eigenvalue weighted by Crippen LogP contribution is -2.37. The molecular weight excluding hydrogens is 398 g/mol.